The number of carbonyl (C=O) groups excluding carboxylic acids is 1. The van der Waals surface area contributed by atoms with Gasteiger partial charge in [0.15, 0.2) is 5.82 Å². The van der Waals surface area contributed by atoms with Crippen molar-refractivity contribution in [2.75, 3.05) is 18.9 Å². The Morgan fingerprint density at radius 3 is 2.76 bits per heavy atom. The first-order chi connectivity index (χ1) is 13.8. The summed E-state index contributed by atoms with van der Waals surface area (Å²) in [6.45, 7) is 6.59. The summed E-state index contributed by atoms with van der Waals surface area (Å²) in [5.41, 5.74) is 3.13. The molecule has 1 aliphatic heterocycles. The van der Waals surface area contributed by atoms with Crippen LogP contribution in [0.3, 0.4) is 0 Å². The monoisotopic (exact) mass is 391 g/mol. The van der Waals surface area contributed by atoms with Gasteiger partial charge in [-0.2, -0.15) is 0 Å². The van der Waals surface area contributed by atoms with Gasteiger partial charge in [-0.25, -0.2) is 14.8 Å². The maximum atomic E-state index is 12.5. The first kappa shape index (κ1) is 19.1. The van der Waals surface area contributed by atoms with Gasteiger partial charge in [0.1, 0.15) is 11.4 Å². The van der Waals surface area contributed by atoms with Gasteiger partial charge in [-0.3, -0.25) is 4.98 Å². The molecule has 0 saturated carbocycles. The fourth-order valence-corrected chi connectivity index (χ4v) is 3.44. The van der Waals surface area contributed by atoms with Crippen LogP contribution in [0.5, 0.6) is 0 Å². The summed E-state index contributed by atoms with van der Waals surface area (Å²) in [7, 11) is 1.85. The number of hydrogen-bond acceptors (Lipinski definition) is 6. The van der Waals surface area contributed by atoms with E-state index in [1.54, 1.807) is 11.1 Å². The van der Waals surface area contributed by atoms with E-state index in [1.165, 1.54) is 0 Å². The van der Waals surface area contributed by atoms with Crippen LogP contribution in [0, 0.1) is 0 Å². The molecule has 1 aromatic carbocycles. The molecule has 0 fully saturated rings. The Hall–Kier alpha value is -3.22. The van der Waals surface area contributed by atoms with Gasteiger partial charge in [-0.1, -0.05) is 18.2 Å². The highest BCUT2D eigenvalue weighted by Gasteiger charge is 2.28. The molecule has 0 saturated heterocycles. The number of para-hydroxylation sites is 1. The lowest BCUT2D eigenvalue weighted by Gasteiger charge is -2.31. The van der Waals surface area contributed by atoms with E-state index in [-0.39, 0.29) is 6.09 Å². The van der Waals surface area contributed by atoms with Crippen molar-refractivity contribution in [2.45, 2.75) is 39.3 Å². The third-order valence-corrected chi connectivity index (χ3v) is 4.80. The molecule has 1 amide bonds. The third kappa shape index (κ3) is 3.99. The summed E-state index contributed by atoms with van der Waals surface area (Å²) in [4.78, 5) is 28.2. The molecular weight excluding hydrogens is 366 g/mol. The molecule has 7 nitrogen and oxygen atoms in total. The average molecular weight is 391 g/mol. The SMILES string of the molecule is CNc1nc(-c2cnc3ccccc3c2)nc2c1CCN(C(=O)OC(C)(C)C)C2. The van der Waals surface area contributed by atoms with Crippen molar-refractivity contribution in [3.05, 3.63) is 47.8 Å². The van der Waals surface area contributed by atoms with Crippen molar-refractivity contribution >= 4 is 22.8 Å². The molecule has 150 valence electrons. The maximum absolute atomic E-state index is 12.5. The highest BCUT2D eigenvalue weighted by Crippen LogP contribution is 2.28. The Morgan fingerprint density at radius 1 is 1.21 bits per heavy atom. The zero-order valence-electron chi connectivity index (χ0n) is 17.2. The Morgan fingerprint density at radius 2 is 2.00 bits per heavy atom. The minimum Gasteiger partial charge on any atom is -0.444 e. The van der Waals surface area contributed by atoms with E-state index >= 15 is 0 Å². The quantitative estimate of drug-likeness (QED) is 0.710. The van der Waals surface area contributed by atoms with Crippen LogP contribution < -0.4 is 5.32 Å². The van der Waals surface area contributed by atoms with Crippen LogP contribution in [0.15, 0.2) is 36.5 Å². The average Bonchev–Trinajstić information content (AvgIpc) is 2.70. The molecule has 29 heavy (non-hydrogen) atoms. The molecular formula is C22H25N5O2. The second-order valence-electron chi connectivity index (χ2n) is 8.14. The van der Waals surface area contributed by atoms with Crippen LogP contribution in [-0.4, -0.2) is 45.1 Å². The zero-order chi connectivity index (χ0) is 20.6. The molecule has 1 aliphatic rings. The molecule has 3 heterocycles. The fourth-order valence-electron chi connectivity index (χ4n) is 3.44. The van der Waals surface area contributed by atoms with Crippen molar-refractivity contribution in [2.24, 2.45) is 0 Å². The molecule has 4 rings (SSSR count). The minimum atomic E-state index is -0.527. The summed E-state index contributed by atoms with van der Waals surface area (Å²) in [6, 6.07) is 9.99. The van der Waals surface area contributed by atoms with Crippen molar-refractivity contribution < 1.29 is 9.53 Å². The van der Waals surface area contributed by atoms with Gasteiger partial charge < -0.3 is 15.0 Å². The molecule has 2 aromatic heterocycles. The van der Waals surface area contributed by atoms with E-state index in [4.69, 9.17) is 14.7 Å². The number of ether oxygens (including phenoxy) is 1. The number of pyridine rings is 1. The van der Waals surface area contributed by atoms with Crippen LogP contribution in [0.4, 0.5) is 10.6 Å². The number of nitrogens with one attached hydrogen (secondary N) is 1. The highest BCUT2D eigenvalue weighted by atomic mass is 16.6. The largest absolute Gasteiger partial charge is 0.444 e. The van der Waals surface area contributed by atoms with Crippen LogP contribution >= 0.6 is 0 Å². The Bertz CT molecular complexity index is 1070. The predicted octanol–water partition coefficient (Wildman–Crippen LogP) is 4.03. The van der Waals surface area contributed by atoms with Crippen molar-refractivity contribution in [1.29, 1.82) is 0 Å². The summed E-state index contributed by atoms with van der Waals surface area (Å²) in [6.07, 6.45) is 2.15. The number of benzene rings is 1. The van der Waals surface area contributed by atoms with Crippen molar-refractivity contribution in [3.63, 3.8) is 0 Å². The lowest BCUT2D eigenvalue weighted by atomic mass is 10.0. The Labute approximate surface area is 170 Å². The molecule has 0 radical (unpaired) electrons. The van der Waals surface area contributed by atoms with E-state index < -0.39 is 5.60 Å². The fraction of sp³-hybridized carbons (Fsp3) is 0.364. The zero-order valence-corrected chi connectivity index (χ0v) is 17.2. The number of fused-ring (bicyclic) bond motifs is 2. The van der Waals surface area contributed by atoms with Gasteiger partial charge >= 0.3 is 6.09 Å². The van der Waals surface area contributed by atoms with Crippen LogP contribution in [0.1, 0.15) is 32.0 Å². The second kappa shape index (κ2) is 7.31. The first-order valence-corrected chi connectivity index (χ1v) is 9.75. The summed E-state index contributed by atoms with van der Waals surface area (Å²) in [5, 5.41) is 4.21. The molecule has 0 bridgehead atoms. The number of hydrogen-bond donors (Lipinski definition) is 1. The number of carbonyl (C=O) groups is 1. The predicted molar refractivity (Wildman–Crippen MR) is 113 cm³/mol. The number of rotatable bonds is 2. The van der Waals surface area contributed by atoms with Gasteiger partial charge in [0.2, 0.25) is 0 Å². The van der Waals surface area contributed by atoms with Gasteiger partial charge in [-0.05, 0) is 39.3 Å². The van der Waals surface area contributed by atoms with E-state index in [9.17, 15) is 4.79 Å². The van der Waals surface area contributed by atoms with Gasteiger partial charge in [0.25, 0.3) is 0 Å². The molecule has 0 atom stereocenters. The normalized spacial score (nSPS) is 13.9. The Kier molecular flexibility index (Phi) is 4.82. The number of amides is 1. The van der Waals surface area contributed by atoms with Crippen molar-refractivity contribution in [3.8, 4) is 11.4 Å². The number of aromatic nitrogens is 3. The molecule has 0 unspecified atom stereocenters. The van der Waals surface area contributed by atoms with Crippen LogP contribution in [0.2, 0.25) is 0 Å². The van der Waals surface area contributed by atoms with Crippen LogP contribution in [0.25, 0.3) is 22.3 Å². The maximum Gasteiger partial charge on any atom is 0.410 e. The van der Waals surface area contributed by atoms with E-state index in [0.29, 0.717) is 25.3 Å². The minimum absolute atomic E-state index is 0.318. The number of nitrogens with zero attached hydrogens (tertiary/aromatic N) is 4. The van der Waals surface area contributed by atoms with E-state index in [2.05, 4.69) is 10.3 Å². The van der Waals surface area contributed by atoms with Gasteiger partial charge in [0, 0.05) is 36.3 Å². The first-order valence-electron chi connectivity index (χ1n) is 9.75. The molecule has 0 aliphatic carbocycles. The lowest BCUT2D eigenvalue weighted by Crippen LogP contribution is -2.40. The van der Waals surface area contributed by atoms with E-state index in [0.717, 1.165) is 33.5 Å². The summed E-state index contributed by atoms with van der Waals surface area (Å²) in [5.74, 6) is 1.39. The van der Waals surface area contributed by atoms with Crippen molar-refractivity contribution in [1.82, 2.24) is 19.9 Å². The summed E-state index contributed by atoms with van der Waals surface area (Å²) >= 11 is 0. The smallest absolute Gasteiger partial charge is 0.410 e. The topological polar surface area (TPSA) is 80.2 Å². The standard InChI is InChI=1S/C22H25N5O2/c1-22(2,3)29-21(28)27-10-9-16-18(13-27)25-19(26-20(16)23-4)15-11-14-7-5-6-8-17(14)24-12-15/h5-8,11-12H,9-10,13H2,1-4H3,(H,23,25,26). The lowest BCUT2D eigenvalue weighted by molar-refractivity contribution is 0.0221. The second-order valence-corrected chi connectivity index (χ2v) is 8.14. The van der Waals surface area contributed by atoms with E-state index in [1.807, 2.05) is 58.2 Å². The molecule has 7 heteroatoms. The molecule has 1 N–H and O–H groups in total. The van der Waals surface area contributed by atoms with Gasteiger partial charge in [-0.15, -0.1) is 0 Å². The van der Waals surface area contributed by atoms with Crippen LogP contribution in [-0.2, 0) is 17.7 Å². The highest BCUT2D eigenvalue weighted by molar-refractivity contribution is 5.82. The van der Waals surface area contributed by atoms with Gasteiger partial charge in [0.05, 0.1) is 17.8 Å². The third-order valence-electron chi connectivity index (χ3n) is 4.80. The molecule has 3 aromatic rings. The molecule has 0 spiro atoms. The number of anilines is 1. The Balaban J connectivity index is 1.69. The summed E-state index contributed by atoms with van der Waals surface area (Å²) < 4.78 is 5.53.